The molecule has 0 heterocycles. The minimum absolute atomic E-state index is 0.904. The van der Waals surface area contributed by atoms with Crippen LogP contribution < -0.4 is 5.73 Å². The molecule has 0 fully saturated rings. The van der Waals surface area contributed by atoms with Crippen LogP contribution in [-0.2, 0) is 0 Å². The highest BCUT2D eigenvalue weighted by Crippen LogP contribution is 2.26. The van der Waals surface area contributed by atoms with E-state index in [-0.39, 0.29) is 0 Å². The Morgan fingerprint density at radius 1 is 1.19 bits per heavy atom. The predicted octanol–water partition coefficient (Wildman–Crippen LogP) is 4.64. The second-order valence-electron chi connectivity index (χ2n) is 4.21. The molecule has 0 aliphatic rings. The van der Waals surface area contributed by atoms with Gasteiger partial charge >= 0.3 is 0 Å². The zero-order valence-electron chi connectivity index (χ0n) is 10.5. The van der Waals surface area contributed by atoms with Crippen molar-refractivity contribution in [3.63, 3.8) is 0 Å². The second-order valence-corrected chi connectivity index (χ2v) is 4.21. The topological polar surface area (TPSA) is 26.0 Å². The SMILES string of the molecule is CCC/C=C(/CCCC)c1ccccc1N. The zero-order chi connectivity index (χ0) is 11.8. The van der Waals surface area contributed by atoms with Gasteiger partial charge in [0.1, 0.15) is 0 Å². The van der Waals surface area contributed by atoms with Gasteiger partial charge in [0, 0.05) is 11.3 Å². The molecule has 16 heavy (non-hydrogen) atoms. The van der Waals surface area contributed by atoms with E-state index >= 15 is 0 Å². The molecule has 0 aromatic heterocycles. The van der Waals surface area contributed by atoms with Crippen molar-refractivity contribution in [3.05, 3.63) is 35.9 Å². The van der Waals surface area contributed by atoms with Crippen LogP contribution in [0.4, 0.5) is 5.69 Å². The maximum atomic E-state index is 6.02. The quantitative estimate of drug-likeness (QED) is 0.690. The third-order valence-corrected chi connectivity index (χ3v) is 2.79. The van der Waals surface area contributed by atoms with Gasteiger partial charge in [-0.15, -0.1) is 0 Å². The molecule has 0 saturated carbocycles. The fraction of sp³-hybridized carbons (Fsp3) is 0.467. The molecule has 2 N–H and O–H groups in total. The van der Waals surface area contributed by atoms with Crippen molar-refractivity contribution in [1.29, 1.82) is 0 Å². The summed E-state index contributed by atoms with van der Waals surface area (Å²) in [5.41, 5.74) is 9.57. The Labute approximate surface area is 99.4 Å². The Morgan fingerprint density at radius 2 is 1.94 bits per heavy atom. The lowest BCUT2D eigenvalue weighted by Crippen LogP contribution is -1.94. The van der Waals surface area contributed by atoms with Crippen molar-refractivity contribution < 1.29 is 0 Å². The molecule has 1 rings (SSSR count). The fourth-order valence-electron chi connectivity index (χ4n) is 1.82. The van der Waals surface area contributed by atoms with Gasteiger partial charge in [-0.1, -0.05) is 51.0 Å². The standard InChI is InChI=1S/C15H23N/c1-3-5-9-13(10-6-4-2)14-11-7-8-12-15(14)16/h7-9,11-12H,3-6,10,16H2,1-2H3/b13-9-. The normalized spacial score (nSPS) is 11.8. The number of benzene rings is 1. The molecule has 0 bridgehead atoms. The molecule has 88 valence electrons. The van der Waals surface area contributed by atoms with Crippen LogP contribution in [0.3, 0.4) is 0 Å². The Kier molecular flexibility index (Phi) is 5.69. The number of nitrogen functional groups attached to an aromatic ring is 1. The molecule has 1 aromatic rings. The van der Waals surface area contributed by atoms with Crippen LogP contribution in [0.25, 0.3) is 5.57 Å². The predicted molar refractivity (Wildman–Crippen MR) is 73.3 cm³/mol. The first kappa shape index (κ1) is 12.8. The Balaban J connectivity index is 2.87. The summed E-state index contributed by atoms with van der Waals surface area (Å²) < 4.78 is 0. The molecule has 0 aliphatic carbocycles. The number of rotatable bonds is 6. The molecule has 0 unspecified atom stereocenters. The van der Waals surface area contributed by atoms with Gasteiger partial charge in [0.25, 0.3) is 0 Å². The van der Waals surface area contributed by atoms with E-state index in [9.17, 15) is 0 Å². The van der Waals surface area contributed by atoms with Crippen molar-refractivity contribution in [2.45, 2.75) is 46.0 Å². The summed E-state index contributed by atoms with van der Waals surface area (Å²) in [5, 5.41) is 0. The Hall–Kier alpha value is -1.24. The first-order chi connectivity index (χ1) is 7.79. The molecule has 0 atom stereocenters. The van der Waals surface area contributed by atoms with E-state index < -0.39 is 0 Å². The van der Waals surface area contributed by atoms with Gasteiger partial charge in [-0.25, -0.2) is 0 Å². The van der Waals surface area contributed by atoms with Crippen LogP contribution in [0.15, 0.2) is 30.3 Å². The molecule has 0 radical (unpaired) electrons. The summed E-state index contributed by atoms with van der Waals surface area (Å²) >= 11 is 0. The van der Waals surface area contributed by atoms with E-state index in [2.05, 4.69) is 32.1 Å². The molecule has 0 amide bonds. The van der Waals surface area contributed by atoms with Crippen LogP contribution in [0.1, 0.15) is 51.5 Å². The lowest BCUT2D eigenvalue weighted by atomic mass is 9.97. The van der Waals surface area contributed by atoms with Crippen LogP contribution in [0.5, 0.6) is 0 Å². The van der Waals surface area contributed by atoms with Crippen molar-refractivity contribution >= 4 is 11.3 Å². The summed E-state index contributed by atoms with van der Waals surface area (Å²) in [5.74, 6) is 0. The van der Waals surface area contributed by atoms with Gasteiger partial charge in [0.05, 0.1) is 0 Å². The third-order valence-electron chi connectivity index (χ3n) is 2.79. The highest BCUT2D eigenvalue weighted by molar-refractivity contribution is 5.74. The van der Waals surface area contributed by atoms with E-state index in [4.69, 9.17) is 5.73 Å². The van der Waals surface area contributed by atoms with Crippen LogP contribution in [0.2, 0.25) is 0 Å². The average molecular weight is 217 g/mol. The van der Waals surface area contributed by atoms with Crippen LogP contribution in [-0.4, -0.2) is 0 Å². The monoisotopic (exact) mass is 217 g/mol. The highest BCUT2D eigenvalue weighted by Gasteiger charge is 2.04. The summed E-state index contributed by atoms with van der Waals surface area (Å²) in [6.07, 6.45) is 8.31. The summed E-state index contributed by atoms with van der Waals surface area (Å²) in [4.78, 5) is 0. The number of hydrogen-bond donors (Lipinski definition) is 1. The maximum absolute atomic E-state index is 6.02. The minimum Gasteiger partial charge on any atom is -0.398 e. The van der Waals surface area contributed by atoms with Crippen LogP contribution >= 0.6 is 0 Å². The molecular weight excluding hydrogens is 194 g/mol. The molecular formula is C15H23N. The number of unbranched alkanes of at least 4 members (excludes halogenated alkanes) is 2. The number of anilines is 1. The first-order valence-electron chi connectivity index (χ1n) is 6.33. The lowest BCUT2D eigenvalue weighted by molar-refractivity contribution is 0.820. The molecule has 0 spiro atoms. The molecule has 1 heteroatoms. The van der Waals surface area contributed by atoms with E-state index in [1.54, 1.807) is 0 Å². The van der Waals surface area contributed by atoms with Gasteiger partial charge in [-0.3, -0.25) is 0 Å². The molecule has 0 aliphatic heterocycles. The van der Waals surface area contributed by atoms with E-state index in [1.807, 2.05) is 12.1 Å². The number of hydrogen-bond acceptors (Lipinski definition) is 1. The van der Waals surface area contributed by atoms with E-state index in [0.717, 1.165) is 18.5 Å². The maximum Gasteiger partial charge on any atom is 0.0390 e. The average Bonchev–Trinajstić information content (AvgIpc) is 2.31. The van der Waals surface area contributed by atoms with Gasteiger partial charge in [0.2, 0.25) is 0 Å². The van der Waals surface area contributed by atoms with Crippen molar-refractivity contribution in [1.82, 2.24) is 0 Å². The third kappa shape index (κ3) is 3.73. The van der Waals surface area contributed by atoms with E-state index in [0.29, 0.717) is 0 Å². The van der Waals surface area contributed by atoms with Crippen molar-refractivity contribution in [2.24, 2.45) is 0 Å². The van der Waals surface area contributed by atoms with Gasteiger partial charge < -0.3 is 5.73 Å². The summed E-state index contributed by atoms with van der Waals surface area (Å²) in [7, 11) is 0. The lowest BCUT2D eigenvalue weighted by Gasteiger charge is -2.10. The van der Waals surface area contributed by atoms with Gasteiger partial charge in [0.15, 0.2) is 0 Å². The number of nitrogens with two attached hydrogens (primary N) is 1. The Morgan fingerprint density at radius 3 is 2.56 bits per heavy atom. The smallest absolute Gasteiger partial charge is 0.0390 e. The van der Waals surface area contributed by atoms with E-state index in [1.165, 1.54) is 30.4 Å². The second kappa shape index (κ2) is 7.10. The Bertz CT molecular complexity index is 339. The van der Waals surface area contributed by atoms with Crippen LogP contribution in [0, 0.1) is 0 Å². The highest BCUT2D eigenvalue weighted by atomic mass is 14.6. The minimum atomic E-state index is 0.904. The van der Waals surface area contributed by atoms with Crippen molar-refractivity contribution in [3.8, 4) is 0 Å². The summed E-state index contributed by atoms with van der Waals surface area (Å²) in [6, 6.07) is 8.18. The molecule has 0 saturated heterocycles. The molecule has 1 nitrogen and oxygen atoms in total. The largest absolute Gasteiger partial charge is 0.398 e. The van der Waals surface area contributed by atoms with Crippen molar-refractivity contribution in [2.75, 3.05) is 5.73 Å². The molecule has 1 aromatic carbocycles. The summed E-state index contributed by atoms with van der Waals surface area (Å²) in [6.45, 7) is 4.44. The van der Waals surface area contributed by atoms with Gasteiger partial charge in [-0.2, -0.15) is 0 Å². The zero-order valence-corrected chi connectivity index (χ0v) is 10.5. The van der Waals surface area contributed by atoms with Gasteiger partial charge in [-0.05, 0) is 30.9 Å². The fourth-order valence-corrected chi connectivity index (χ4v) is 1.82. The number of para-hydroxylation sites is 1. The number of allylic oxidation sites excluding steroid dienone is 2. The first-order valence-corrected chi connectivity index (χ1v) is 6.33.